The molecule has 0 spiro atoms. The zero-order valence-electron chi connectivity index (χ0n) is 12.1. The second kappa shape index (κ2) is 8.77. The number of amides is 1. The van der Waals surface area contributed by atoms with Gasteiger partial charge in [-0.05, 0) is 14.0 Å². The van der Waals surface area contributed by atoms with Crippen LogP contribution >= 0.6 is 23.7 Å². The molecule has 0 fully saturated rings. The summed E-state index contributed by atoms with van der Waals surface area (Å²) >= 11 is 1.58. The molecule has 1 unspecified atom stereocenters. The van der Waals surface area contributed by atoms with Gasteiger partial charge in [-0.3, -0.25) is 4.79 Å². The van der Waals surface area contributed by atoms with Crippen LogP contribution in [0.5, 0.6) is 0 Å². The predicted molar refractivity (Wildman–Crippen MR) is 89.9 cm³/mol. The van der Waals surface area contributed by atoms with Crippen LogP contribution in [0.15, 0.2) is 35.7 Å². The summed E-state index contributed by atoms with van der Waals surface area (Å²) in [7, 11) is 1.84. The fraction of sp³-hybridized carbons (Fsp3) is 0.333. The quantitative estimate of drug-likeness (QED) is 0.858. The Labute approximate surface area is 135 Å². The van der Waals surface area contributed by atoms with Crippen molar-refractivity contribution >= 4 is 29.7 Å². The first-order valence-corrected chi connectivity index (χ1v) is 7.53. The second-order valence-electron chi connectivity index (χ2n) is 4.58. The Bertz CT molecular complexity index is 559. The molecule has 1 aromatic heterocycles. The number of rotatable bonds is 6. The number of nitrogens with zero attached hydrogens (tertiary/aromatic N) is 1. The summed E-state index contributed by atoms with van der Waals surface area (Å²) in [6.45, 7) is 2.65. The van der Waals surface area contributed by atoms with E-state index in [4.69, 9.17) is 0 Å². The third-order valence-corrected chi connectivity index (χ3v) is 3.97. The van der Waals surface area contributed by atoms with E-state index in [9.17, 15) is 4.79 Å². The molecule has 1 amide bonds. The van der Waals surface area contributed by atoms with E-state index in [0.29, 0.717) is 13.0 Å². The molecule has 2 N–H and O–H groups in total. The summed E-state index contributed by atoms with van der Waals surface area (Å²) in [5, 5.41) is 8.89. The number of benzene rings is 1. The fourth-order valence-corrected chi connectivity index (χ4v) is 2.68. The maximum atomic E-state index is 11.7. The Hall–Kier alpha value is -1.43. The van der Waals surface area contributed by atoms with Gasteiger partial charge in [0.1, 0.15) is 5.01 Å². The maximum Gasteiger partial charge on any atom is 0.221 e. The minimum Gasteiger partial charge on any atom is -0.347 e. The Morgan fingerprint density at radius 3 is 2.71 bits per heavy atom. The van der Waals surface area contributed by atoms with Crippen molar-refractivity contribution in [3.63, 3.8) is 0 Å². The van der Waals surface area contributed by atoms with Gasteiger partial charge in [0.15, 0.2) is 0 Å². The van der Waals surface area contributed by atoms with Crippen LogP contribution in [0.1, 0.15) is 24.4 Å². The smallest absolute Gasteiger partial charge is 0.221 e. The van der Waals surface area contributed by atoms with Gasteiger partial charge in [0.05, 0.1) is 11.7 Å². The van der Waals surface area contributed by atoms with Crippen molar-refractivity contribution in [2.75, 3.05) is 13.6 Å². The highest BCUT2D eigenvalue weighted by molar-refractivity contribution is 7.10. The van der Waals surface area contributed by atoms with Crippen molar-refractivity contribution in [1.29, 1.82) is 0 Å². The molecule has 0 saturated heterocycles. The van der Waals surface area contributed by atoms with Gasteiger partial charge in [-0.25, -0.2) is 4.98 Å². The van der Waals surface area contributed by atoms with Crippen LogP contribution in [0, 0.1) is 0 Å². The fourth-order valence-electron chi connectivity index (χ4n) is 1.84. The van der Waals surface area contributed by atoms with Crippen molar-refractivity contribution in [3.05, 3.63) is 40.7 Å². The highest BCUT2D eigenvalue weighted by atomic mass is 35.5. The number of carbonyl (C=O) groups excluding carboxylic acids is 1. The molecule has 6 heteroatoms. The first-order chi connectivity index (χ1) is 9.70. The predicted octanol–water partition coefficient (Wildman–Crippen LogP) is 3.02. The van der Waals surface area contributed by atoms with Crippen LogP contribution < -0.4 is 10.6 Å². The molecule has 0 saturated carbocycles. The molecule has 0 aliphatic carbocycles. The van der Waals surface area contributed by atoms with Crippen molar-refractivity contribution in [2.24, 2.45) is 0 Å². The average molecular weight is 326 g/mol. The Morgan fingerprint density at radius 1 is 1.33 bits per heavy atom. The lowest BCUT2D eigenvalue weighted by Crippen LogP contribution is -2.28. The van der Waals surface area contributed by atoms with Gasteiger partial charge >= 0.3 is 0 Å². The van der Waals surface area contributed by atoms with E-state index in [1.165, 1.54) is 0 Å². The highest BCUT2D eigenvalue weighted by Gasteiger charge is 2.13. The minimum absolute atomic E-state index is 0. The zero-order chi connectivity index (χ0) is 14.4. The Morgan fingerprint density at radius 2 is 2.05 bits per heavy atom. The van der Waals surface area contributed by atoms with Crippen molar-refractivity contribution in [1.82, 2.24) is 15.6 Å². The zero-order valence-corrected chi connectivity index (χ0v) is 13.8. The Kier molecular flexibility index (Phi) is 7.36. The van der Waals surface area contributed by atoms with Crippen molar-refractivity contribution in [2.45, 2.75) is 19.4 Å². The number of hydrogen-bond acceptors (Lipinski definition) is 4. The molecule has 114 valence electrons. The summed E-state index contributed by atoms with van der Waals surface area (Å²) < 4.78 is 0. The van der Waals surface area contributed by atoms with Gasteiger partial charge in [-0.2, -0.15) is 0 Å². The molecule has 1 aromatic carbocycles. The van der Waals surface area contributed by atoms with Crippen LogP contribution in [0.3, 0.4) is 0 Å². The van der Waals surface area contributed by atoms with E-state index < -0.39 is 0 Å². The molecule has 0 bridgehead atoms. The van der Waals surface area contributed by atoms with Crippen LogP contribution in [-0.4, -0.2) is 24.5 Å². The number of carbonyl (C=O) groups is 1. The van der Waals surface area contributed by atoms with E-state index in [0.717, 1.165) is 16.3 Å². The summed E-state index contributed by atoms with van der Waals surface area (Å²) in [6, 6.07) is 10.0. The first kappa shape index (κ1) is 17.6. The van der Waals surface area contributed by atoms with Crippen molar-refractivity contribution < 1.29 is 4.79 Å². The third-order valence-electron chi connectivity index (χ3n) is 2.94. The molecular weight excluding hydrogens is 306 g/mol. The van der Waals surface area contributed by atoms with E-state index in [-0.39, 0.29) is 24.4 Å². The summed E-state index contributed by atoms with van der Waals surface area (Å²) in [4.78, 5) is 16.3. The lowest BCUT2D eigenvalue weighted by molar-refractivity contribution is -0.121. The molecule has 0 aliphatic heterocycles. The molecule has 1 heterocycles. The molecule has 2 aromatic rings. The maximum absolute atomic E-state index is 11.7. The molecule has 4 nitrogen and oxygen atoms in total. The van der Waals surface area contributed by atoms with Gasteiger partial charge in [0, 0.05) is 23.9 Å². The molecular formula is C15H20ClN3OS. The Balaban J connectivity index is 0.00000220. The van der Waals surface area contributed by atoms with Gasteiger partial charge in [0.2, 0.25) is 5.91 Å². The van der Waals surface area contributed by atoms with Crippen LogP contribution in [0.2, 0.25) is 0 Å². The SMILES string of the molecule is CNCCC(=O)NC(C)c1nc(-c2ccccc2)cs1.Cl. The number of thiazole rings is 1. The number of hydrogen-bond donors (Lipinski definition) is 2. The van der Waals surface area contributed by atoms with Crippen LogP contribution in [0.25, 0.3) is 11.3 Å². The third kappa shape index (κ3) is 5.12. The van der Waals surface area contributed by atoms with Gasteiger partial charge in [0.25, 0.3) is 0 Å². The van der Waals surface area contributed by atoms with Gasteiger partial charge in [-0.15, -0.1) is 23.7 Å². The van der Waals surface area contributed by atoms with Crippen LogP contribution in [-0.2, 0) is 4.79 Å². The summed E-state index contributed by atoms with van der Waals surface area (Å²) in [6.07, 6.45) is 0.484. The van der Waals surface area contributed by atoms with Gasteiger partial charge < -0.3 is 10.6 Å². The molecule has 1 atom stereocenters. The van der Waals surface area contributed by atoms with E-state index in [1.807, 2.05) is 49.7 Å². The molecule has 21 heavy (non-hydrogen) atoms. The summed E-state index contributed by atoms with van der Waals surface area (Å²) in [5.41, 5.74) is 2.06. The lowest BCUT2D eigenvalue weighted by Gasteiger charge is -2.10. The normalized spacial score (nSPS) is 11.5. The largest absolute Gasteiger partial charge is 0.347 e. The van der Waals surface area contributed by atoms with E-state index >= 15 is 0 Å². The molecule has 0 aliphatic rings. The van der Waals surface area contributed by atoms with E-state index in [2.05, 4.69) is 15.6 Å². The van der Waals surface area contributed by atoms with Crippen LogP contribution in [0.4, 0.5) is 0 Å². The second-order valence-corrected chi connectivity index (χ2v) is 5.47. The van der Waals surface area contributed by atoms with E-state index in [1.54, 1.807) is 11.3 Å². The van der Waals surface area contributed by atoms with Gasteiger partial charge in [-0.1, -0.05) is 30.3 Å². The standard InChI is InChI=1S/C15H19N3OS.ClH/c1-11(17-14(19)8-9-16-2)15-18-13(10-20-15)12-6-4-3-5-7-12;/h3-7,10-11,16H,8-9H2,1-2H3,(H,17,19);1H. The number of aromatic nitrogens is 1. The van der Waals surface area contributed by atoms with Crippen molar-refractivity contribution in [3.8, 4) is 11.3 Å². The highest BCUT2D eigenvalue weighted by Crippen LogP contribution is 2.25. The molecule has 0 radical (unpaired) electrons. The summed E-state index contributed by atoms with van der Waals surface area (Å²) in [5.74, 6) is 0.0447. The monoisotopic (exact) mass is 325 g/mol. The topological polar surface area (TPSA) is 54.0 Å². The number of halogens is 1. The molecule has 2 rings (SSSR count). The first-order valence-electron chi connectivity index (χ1n) is 6.65. The lowest BCUT2D eigenvalue weighted by atomic mass is 10.2. The number of nitrogens with one attached hydrogen (secondary N) is 2. The average Bonchev–Trinajstić information content (AvgIpc) is 2.96. The minimum atomic E-state index is -0.0539.